The molecule has 0 aliphatic heterocycles. The molecular formula is C17H16F2N2O4. The number of ether oxygens (including phenoxy) is 1. The van der Waals surface area contributed by atoms with Crippen molar-refractivity contribution in [3.05, 3.63) is 58.1 Å². The first-order valence-corrected chi connectivity index (χ1v) is 7.31. The van der Waals surface area contributed by atoms with E-state index >= 15 is 0 Å². The summed E-state index contributed by atoms with van der Waals surface area (Å²) >= 11 is 0. The van der Waals surface area contributed by atoms with Gasteiger partial charge in [-0.05, 0) is 44.5 Å². The second kappa shape index (κ2) is 6.84. The quantitative estimate of drug-likeness (QED) is 0.631. The lowest BCUT2D eigenvalue weighted by molar-refractivity contribution is -0.383. The first-order chi connectivity index (χ1) is 11.6. The van der Waals surface area contributed by atoms with Crippen LogP contribution in [0.2, 0.25) is 0 Å². The van der Waals surface area contributed by atoms with Crippen molar-refractivity contribution < 1.29 is 23.2 Å². The van der Waals surface area contributed by atoms with E-state index in [1.54, 1.807) is 20.8 Å². The average molecular weight is 350 g/mol. The molecule has 0 heterocycles. The van der Waals surface area contributed by atoms with Crippen LogP contribution in [0.25, 0.3) is 11.1 Å². The van der Waals surface area contributed by atoms with E-state index in [9.17, 15) is 23.7 Å². The molecule has 2 aromatic carbocycles. The van der Waals surface area contributed by atoms with E-state index in [0.29, 0.717) is 6.07 Å². The van der Waals surface area contributed by atoms with Gasteiger partial charge < -0.3 is 4.74 Å². The summed E-state index contributed by atoms with van der Waals surface area (Å²) in [5.41, 5.74) is -1.11. The Morgan fingerprint density at radius 1 is 1.16 bits per heavy atom. The number of hydrogen-bond acceptors (Lipinski definition) is 4. The van der Waals surface area contributed by atoms with Crippen molar-refractivity contribution in [2.45, 2.75) is 26.4 Å². The first-order valence-electron chi connectivity index (χ1n) is 7.31. The highest BCUT2D eigenvalue weighted by Crippen LogP contribution is 2.32. The summed E-state index contributed by atoms with van der Waals surface area (Å²) in [7, 11) is 0. The summed E-state index contributed by atoms with van der Waals surface area (Å²) in [5.74, 6) is -1.60. The summed E-state index contributed by atoms with van der Waals surface area (Å²) in [6, 6.07) is 6.68. The molecule has 8 heteroatoms. The van der Waals surface area contributed by atoms with Crippen LogP contribution < -0.4 is 5.32 Å². The minimum absolute atomic E-state index is 0.00770. The van der Waals surface area contributed by atoms with Crippen molar-refractivity contribution in [3.63, 3.8) is 0 Å². The normalized spacial score (nSPS) is 11.1. The molecule has 0 radical (unpaired) electrons. The highest BCUT2D eigenvalue weighted by atomic mass is 19.1. The Hall–Kier alpha value is -3.03. The summed E-state index contributed by atoms with van der Waals surface area (Å²) in [5, 5.41) is 13.6. The van der Waals surface area contributed by atoms with Crippen molar-refractivity contribution in [2.24, 2.45) is 0 Å². The number of amides is 1. The second-order valence-electron chi connectivity index (χ2n) is 6.24. The van der Waals surface area contributed by atoms with Gasteiger partial charge in [0, 0.05) is 17.7 Å². The maximum atomic E-state index is 13.9. The zero-order chi connectivity index (χ0) is 18.8. The number of nitrogens with one attached hydrogen (secondary N) is 1. The van der Waals surface area contributed by atoms with Crippen LogP contribution in [0, 0.1) is 21.7 Å². The SMILES string of the molecule is CC(C)(C)OC(=O)Nc1ccc(-c2ccc(F)cc2F)cc1[N+](=O)[O-]. The number of anilines is 1. The third-order valence-corrected chi connectivity index (χ3v) is 3.07. The highest BCUT2D eigenvalue weighted by molar-refractivity contribution is 5.89. The van der Waals surface area contributed by atoms with Gasteiger partial charge in [-0.25, -0.2) is 13.6 Å². The van der Waals surface area contributed by atoms with Gasteiger partial charge in [-0.1, -0.05) is 6.07 Å². The fourth-order valence-corrected chi connectivity index (χ4v) is 2.09. The van der Waals surface area contributed by atoms with Crippen LogP contribution in [0.4, 0.5) is 25.0 Å². The Morgan fingerprint density at radius 3 is 2.40 bits per heavy atom. The van der Waals surface area contributed by atoms with E-state index in [2.05, 4.69) is 5.32 Å². The van der Waals surface area contributed by atoms with E-state index in [0.717, 1.165) is 12.1 Å². The van der Waals surface area contributed by atoms with Gasteiger partial charge in [0.25, 0.3) is 5.69 Å². The molecule has 0 aliphatic carbocycles. The molecule has 0 aliphatic rings. The number of hydrogen-bond donors (Lipinski definition) is 1. The average Bonchev–Trinajstić information content (AvgIpc) is 2.45. The van der Waals surface area contributed by atoms with Gasteiger partial charge in [-0.15, -0.1) is 0 Å². The first kappa shape index (κ1) is 18.3. The summed E-state index contributed by atoms with van der Waals surface area (Å²) in [6.45, 7) is 4.96. The van der Waals surface area contributed by atoms with Gasteiger partial charge >= 0.3 is 6.09 Å². The molecule has 1 N–H and O–H groups in total. The monoisotopic (exact) mass is 350 g/mol. The number of carbonyl (C=O) groups is 1. The topological polar surface area (TPSA) is 81.5 Å². The van der Waals surface area contributed by atoms with Gasteiger partial charge in [-0.3, -0.25) is 15.4 Å². The van der Waals surface area contributed by atoms with E-state index < -0.39 is 33.9 Å². The van der Waals surface area contributed by atoms with Gasteiger partial charge in [0.05, 0.1) is 4.92 Å². The molecule has 0 saturated heterocycles. The smallest absolute Gasteiger partial charge is 0.412 e. The third kappa shape index (κ3) is 4.72. The van der Waals surface area contributed by atoms with Crippen molar-refractivity contribution >= 4 is 17.5 Å². The van der Waals surface area contributed by atoms with Crippen molar-refractivity contribution in [3.8, 4) is 11.1 Å². The van der Waals surface area contributed by atoms with Crippen LogP contribution in [0.1, 0.15) is 20.8 Å². The minimum atomic E-state index is -0.851. The van der Waals surface area contributed by atoms with E-state index in [-0.39, 0.29) is 16.8 Å². The van der Waals surface area contributed by atoms with Gasteiger partial charge in [0.1, 0.15) is 22.9 Å². The number of carbonyl (C=O) groups excluding carboxylic acids is 1. The van der Waals surface area contributed by atoms with Crippen LogP contribution in [-0.4, -0.2) is 16.6 Å². The number of nitrogens with zero attached hydrogens (tertiary/aromatic N) is 1. The molecule has 1 amide bonds. The van der Waals surface area contributed by atoms with Crippen LogP contribution in [0.3, 0.4) is 0 Å². The standard InChI is InChI=1S/C17H16F2N2O4/c1-17(2,3)25-16(22)20-14-7-4-10(8-15(14)21(23)24)12-6-5-11(18)9-13(12)19/h4-9H,1-3H3,(H,20,22). The highest BCUT2D eigenvalue weighted by Gasteiger charge is 2.22. The molecule has 0 saturated carbocycles. The molecule has 0 atom stereocenters. The largest absolute Gasteiger partial charge is 0.444 e. The van der Waals surface area contributed by atoms with E-state index in [1.165, 1.54) is 18.2 Å². The lowest BCUT2D eigenvalue weighted by Gasteiger charge is -2.19. The van der Waals surface area contributed by atoms with E-state index in [4.69, 9.17) is 4.74 Å². The Bertz CT molecular complexity index is 832. The molecule has 6 nitrogen and oxygen atoms in total. The van der Waals surface area contributed by atoms with Crippen LogP contribution in [0.15, 0.2) is 36.4 Å². The lowest BCUT2D eigenvalue weighted by atomic mass is 10.0. The number of nitro groups is 1. The molecule has 2 rings (SSSR count). The number of halogens is 2. The molecule has 0 unspecified atom stereocenters. The molecule has 0 aromatic heterocycles. The molecule has 0 spiro atoms. The zero-order valence-corrected chi connectivity index (χ0v) is 13.8. The molecule has 2 aromatic rings. The lowest BCUT2D eigenvalue weighted by Crippen LogP contribution is -2.27. The van der Waals surface area contributed by atoms with Crippen molar-refractivity contribution in [1.82, 2.24) is 0 Å². The fourth-order valence-electron chi connectivity index (χ4n) is 2.09. The third-order valence-electron chi connectivity index (χ3n) is 3.07. The summed E-state index contributed by atoms with van der Waals surface area (Å²) in [6.07, 6.45) is -0.851. The minimum Gasteiger partial charge on any atom is -0.444 e. The van der Waals surface area contributed by atoms with E-state index in [1.807, 2.05) is 0 Å². The predicted molar refractivity (Wildman–Crippen MR) is 88.3 cm³/mol. The van der Waals surface area contributed by atoms with Gasteiger partial charge in [0.2, 0.25) is 0 Å². The predicted octanol–water partition coefficient (Wildman–Crippen LogP) is 4.89. The van der Waals surface area contributed by atoms with Gasteiger partial charge in [-0.2, -0.15) is 0 Å². The Balaban J connectivity index is 2.38. The summed E-state index contributed by atoms with van der Waals surface area (Å²) in [4.78, 5) is 22.4. The van der Waals surface area contributed by atoms with Crippen molar-refractivity contribution in [2.75, 3.05) is 5.32 Å². The Labute approximate surface area is 142 Å². The zero-order valence-electron chi connectivity index (χ0n) is 13.8. The van der Waals surface area contributed by atoms with Crippen LogP contribution in [-0.2, 0) is 4.74 Å². The van der Waals surface area contributed by atoms with Gasteiger partial charge in [0.15, 0.2) is 0 Å². The fraction of sp³-hybridized carbons (Fsp3) is 0.235. The number of benzene rings is 2. The molecular weight excluding hydrogens is 334 g/mol. The molecule has 132 valence electrons. The maximum Gasteiger partial charge on any atom is 0.412 e. The maximum absolute atomic E-state index is 13.9. The molecule has 0 bridgehead atoms. The molecule has 25 heavy (non-hydrogen) atoms. The van der Waals surface area contributed by atoms with Crippen LogP contribution in [0.5, 0.6) is 0 Å². The molecule has 0 fully saturated rings. The Morgan fingerprint density at radius 2 is 1.84 bits per heavy atom. The Kier molecular flexibility index (Phi) is 5.01. The second-order valence-corrected chi connectivity index (χ2v) is 6.24. The summed E-state index contributed by atoms with van der Waals surface area (Å²) < 4.78 is 31.9. The van der Waals surface area contributed by atoms with Crippen molar-refractivity contribution in [1.29, 1.82) is 0 Å². The van der Waals surface area contributed by atoms with Crippen LogP contribution >= 0.6 is 0 Å². The number of rotatable bonds is 3. The number of nitro benzene ring substituents is 1.